The zero-order chi connectivity index (χ0) is 19.9. The van der Waals surface area contributed by atoms with E-state index < -0.39 is 5.82 Å². The number of hydrogen-bond acceptors (Lipinski definition) is 4. The SMILES string of the molecule is O=C(COc1ccc(F)cc1)NCCn1nc(-c2ccc(F)cc2)ccc1=O. The summed E-state index contributed by atoms with van der Waals surface area (Å²) in [6.07, 6.45) is 0. The Hall–Kier alpha value is -3.55. The number of nitrogens with one attached hydrogen (secondary N) is 1. The lowest BCUT2D eigenvalue weighted by atomic mass is 10.1. The lowest BCUT2D eigenvalue weighted by Gasteiger charge is -2.09. The third kappa shape index (κ3) is 5.23. The van der Waals surface area contributed by atoms with Crippen LogP contribution >= 0.6 is 0 Å². The predicted molar refractivity (Wildman–Crippen MR) is 98.8 cm³/mol. The van der Waals surface area contributed by atoms with E-state index in [1.54, 1.807) is 18.2 Å². The fourth-order valence-corrected chi connectivity index (χ4v) is 2.42. The number of halogens is 2. The summed E-state index contributed by atoms with van der Waals surface area (Å²) in [5, 5.41) is 6.85. The molecule has 0 saturated carbocycles. The average Bonchev–Trinajstić information content (AvgIpc) is 2.70. The van der Waals surface area contributed by atoms with Crippen LogP contribution in [0.15, 0.2) is 65.5 Å². The van der Waals surface area contributed by atoms with Crippen molar-refractivity contribution in [3.8, 4) is 17.0 Å². The van der Waals surface area contributed by atoms with E-state index in [0.717, 1.165) is 0 Å². The van der Waals surface area contributed by atoms with E-state index in [0.29, 0.717) is 17.0 Å². The number of rotatable bonds is 7. The Kier molecular flexibility index (Phi) is 6.11. The number of amides is 1. The fraction of sp³-hybridized carbons (Fsp3) is 0.150. The first kappa shape index (κ1) is 19.2. The summed E-state index contributed by atoms with van der Waals surface area (Å²) in [6, 6.07) is 14.0. The highest BCUT2D eigenvalue weighted by Gasteiger charge is 2.06. The van der Waals surface area contributed by atoms with E-state index >= 15 is 0 Å². The largest absolute Gasteiger partial charge is 0.484 e. The van der Waals surface area contributed by atoms with Gasteiger partial charge in [0.2, 0.25) is 0 Å². The molecular formula is C20H17F2N3O3. The first-order valence-corrected chi connectivity index (χ1v) is 8.50. The summed E-state index contributed by atoms with van der Waals surface area (Å²) in [7, 11) is 0. The van der Waals surface area contributed by atoms with Crippen molar-refractivity contribution in [2.24, 2.45) is 0 Å². The lowest BCUT2D eigenvalue weighted by molar-refractivity contribution is -0.123. The first-order valence-electron chi connectivity index (χ1n) is 8.50. The minimum atomic E-state index is -0.391. The van der Waals surface area contributed by atoms with Crippen molar-refractivity contribution in [2.75, 3.05) is 13.2 Å². The summed E-state index contributed by atoms with van der Waals surface area (Å²) in [5.41, 5.74) is 0.875. The van der Waals surface area contributed by atoms with Crippen LogP contribution in [0.5, 0.6) is 5.75 Å². The van der Waals surface area contributed by atoms with Crippen molar-refractivity contribution >= 4 is 5.91 Å². The fourth-order valence-electron chi connectivity index (χ4n) is 2.42. The lowest BCUT2D eigenvalue weighted by Crippen LogP contribution is -2.34. The Balaban J connectivity index is 1.53. The monoisotopic (exact) mass is 385 g/mol. The molecule has 0 bridgehead atoms. The van der Waals surface area contributed by atoms with Crippen LogP contribution in [0.25, 0.3) is 11.3 Å². The number of carbonyl (C=O) groups is 1. The molecule has 3 aromatic rings. The first-order chi connectivity index (χ1) is 13.5. The summed E-state index contributed by atoms with van der Waals surface area (Å²) in [5.74, 6) is -0.756. The molecule has 144 valence electrons. The molecule has 0 saturated heterocycles. The highest BCUT2D eigenvalue weighted by Crippen LogP contribution is 2.15. The molecular weight excluding hydrogens is 368 g/mol. The third-order valence-corrected chi connectivity index (χ3v) is 3.84. The van der Waals surface area contributed by atoms with Crippen LogP contribution < -0.4 is 15.6 Å². The molecule has 6 nitrogen and oxygen atoms in total. The zero-order valence-corrected chi connectivity index (χ0v) is 14.8. The standard InChI is InChI=1S/C20H17F2N3O3/c21-15-3-1-14(2-4-15)18-9-10-20(27)25(24-18)12-11-23-19(26)13-28-17-7-5-16(22)6-8-17/h1-10H,11-13H2,(H,23,26). The van der Waals surface area contributed by atoms with Gasteiger partial charge in [0, 0.05) is 18.2 Å². The van der Waals surface area contributed by atoms with Gasteiger partial charge in [-0.15, -0.1) is 0 Å². The van der Waals surface area contributed by atoms with Gasteiger partial charge in [0.15, 0.2) is 6.61 Å². The maximum absolute atomic E-state index is 13.0. The van der Waals surface area contributed by atoms with Gasteiger partial charge in [0.25, 0.3) is 11.5 Å². The molecule has 0 aliphatic rings. The number of aromatic nitrogens is 2. The number of hydrogen-bond donors (Lipinski definition) is 1. The molecule has 0 unspecified atom stereocenters. The molecule has 3 rings (SSSR count). The molecule has 1 heterocycles. The van der Waals surface area contributed by atoms with Gasteiger partial charge in [-0.3, -0.25) is 9.59 Å². The highest BCUT2D eigenvalue weighted by atomic mass is 19.1. The summed E-state index contributed by atoms with van der Waals surface area (Å²) >= 11 is 0. The second-order valence-electron chi connectivity index (χ2n) is 5.88. The molecule has 0 aliphatic heterocycles. The van der Waals surface area contributed by atoms with E-state index in [9.17, 15) is 18.4 Å². The molecule has 1 amide bonds. The van der Waals surface area contributed by atoms with Crippen molar-refractivity contribution in [3.63, 3.8) is 0 Å². The van der Waals surface area contributed by atoms with Crippen LogP contribution in [-0.2, 0) is 11.3 Å². The highest BCUT2D eigenvalue weighted by molar-refractivity contribution is 5.77. The quantitative estimate of drug-likeness (QED) is 0.678. The number of ether oxygens (including phenoxy) is 1. The topological polar surface area (TPSA) is 73.2 Å². The Morgan fingerprint density at radius 2 is 1.61 bits per heavy atom. The van der Waals surface area contributed by atoms with Crippen LogP contribution in [0.1, 0.15) is 0 Å². The van der Waals surface area contributed by atoms with Crippen LogP contribution in [-0.4, -0.2) is 28.8 Å². The molecule has 1 N–H and O–H groups in total. The predicted octanol–water partition coefficient (Wildman–Crippen LogP) is 2.38. The van der Waals surface area contributed by atoms with Crippen molar-refractivity contribution < 1.29 is 18.3 Å². The molecule has 0 aliphatic carbocycles. The Morgan fingerprint density at radius 1 is 0.964 bits per heavy atom. The van der Waals surface area contributed by atoms with Gasteiger partial charge in [-0.05, 0) is 54.6 Å². The number of nitrogens with zero attached hydrogens (tertiary/aromatic N) is 2. The van der Waals surface area contributed by atoms with Crippen LogP contribution in [0, 0.1) is 11.6 Å². The number of benzene rings is 2. The molecule has 2 aromatic carbocycles. The summed E-state index contributed by atoms with van der Waals surface area (Å²) < 4.78 is 32.3. The molecule has 0 spiro atoms. The van der Waals surface area contributed by atoms with Gasteiger partial charge >= 0.3 is 0 Å². The normalized spacial score (nSPS) is 10.5. The minimum Gasteiger partial charge on any atom is -0.484 e. The van der Waals surface area contributed by atoms with Crippen molar-refractivity contribution in [1.82, 2.24) is 15.1 Å². The van der Waals surface area contributed by atoms with E-state index in [4.69, 9.17) is 4.74 Å². The summed E-state index contributed by atoms with van der Waals surface area (Å²) in [6.45, 7) is 0.102. The Labute approximate surface area is 159 Å². The van der Waals surface area contributed by atoms with Crippen molar-refractivity contribution in [1.29, 1.82) is 0 Å². The van der Waals surface area contributed by atoms with Crippen LogP contribution in [0.2, 0.25) is 0 Å². The van der Waals surface area contributed by atoms with Gasteiger partial charge in [-0.25, -0.2) is 13.5 Å². The van der Waals surface area contributed by atoms with E-state index in [2.05, 4.69) is 10.4 Å². The molecule has 28 heavy (non-hydrogen) atoms. The number of carbonyl (C=O) groups excluding carboxylic acids is 1. The molecule has 0 fully saturated rings. The smallest absolute Gasteiger partial charge is 0.266 e. The minimum absolute atomic E-state index is 0.163. The van der Waals surface area contributed by atoms with Gasteiger partial charge in [0.05, 0.1) is 12.2 Å². The van der Waals surface area contributed by atoms with Crippen LogP contribution in [0.4, 0.5) is 8.78 Å². The van der Waals surface area contributed by atoms with Crippen LogP contribution in [0.3, 0.4) is 0 Å². The second kappa shape index (κ2) is 8.90. The summed E-state index contributed by atoms with van der Waals surface area (Å²) in [4.78, 5) is 23.8. The maximum atomic E-state index is 13.0. The van der Waals surface area contributed by atoms with Gasteiger partial charge in [-0.1, -0.05) is 0 Å². The zero-order valence-electron chi connectivity index (χ0n) is 14.8. The molecule has 0 radical (unpaired) electrons. The molecule has 1 aromatic heterocycles. The Morgan fingerprint density at radius 3 is 2.29 bits per heavy atom. The average molecular weight is 385 g/mol. The molecule has 8 heteroatoms. The molecule has 0 atom stereocenters. The van der Waals surface area contributed by atoms with Gasteiger partial charge in [0.1, 0.15) is 17.4 Å². The van der Waals surface area contributed by atoms with Gasteiger partial charge in [-0.2, -0.15) is 5.10 Å². The third-order valence-electron chi connectivity index (χ3n) is 3.84. The maximum Gasteiger partial charge on any atom is 0.266 e. The van der Waals surface area contributed by atoms with E-state index in [1.165, 1.54) is 47.1 Å². The van der Waals surface area contributed by atoms with Crippen molar-refractivity contribution in [3.05, 3.63) is 82.7 Å². The van der Waals surface area contributed by atoms with Gasteiger partial charge < -0.3 is 10.1 Å². The second-order valence-corrected chi connectivity index (χ2v) is 5.88. The van der Waals surface area contributed by atoms with Crippen molar-refractivity contribution in [2.45, 2.75) is 6.54 Å². The van der Waals surface area contributed by atoms with E-state index in [-0.39, 0.29) is 37.0 Å². The Bertz CT molecular complexity index is 1000. The van der Waals surface area contributed by atoms with E-state index in [1.807, 2.05) is 0 Å².